The maximum absolute atomic E-state index is 11.0. The summed E-state index contributed by atoms with van der Waals surface area (Å²) in [6.45, 7) is 0. The average molecular weight is 266 g/mol. The third-order valence-corrected chi connectivity index (χ3v) is 3.95. The van der Waals surface area contributed by atoms with Crippen LogP contribution < -0.4 is 0 Å². The molecule has 0 unspecified atom stereocenters. The molecular formula is C8H12ClN3O3S. The van der Waals surface area contributed by atoms with Gasteiger partial charge in [0.1, 0.15) is 5.82 Å². The Labute approximate surface area is 97.8 Å². The Kier molecular flexibility index (Phi) is 2.93. The molecule has 1 N–H and O–H groups in total. The minimum absolute atomic E-state index is 0.215. The van der Waals surface area contributed by atoms with E-state index in [0.717, 1.165) is 19.3 Å². The van der Waals surface area contributed by atoms with E-state index >= 15 is 0 Å². The molecule has 1 aliphatic carbocycles. The van der Waals surface area contributed by atoms with Crippen molar-refractivity contribution in [3.05, 3.63) is 5.82 Å². The maximum Gasteiger partial charge on any atom is 0.298 e. The second-order valence-electron chi connectivity index (χ2n) is 3.92. The molecule has 0 aromatic carbocycles. The number of nitrogens with zero attached hydrogens (tertiary/aromatic N) is 2. The van der Waals surface area contributed by atoms with Gasteiger partial charge >= 0.3 is 0 Å². The number of aromatic amines is 1. The summed E-state index contributed by atoms with van der Waals surface area (Å²) >= 11 is 0. The van der Waals surface area contributed by atoms with Gasteiger partial charge in [-0.15, -0.1) is 5.10 Å². The molecular weight excluding hydrogens is 254 g/mol. The Morgan fingerprint density at radius 3 is 2.62 bits per heavy atom. The highest BCUT2D eigenvalue weighted by atomic mass is 35.7. The molecule has 0 amide bonds. The third-order valence-electron chi connectivity index (χ3n) is 2.92. The van der Waals surface area contributed by atoms with Gasteiger partial charge in [0.2, 0.25) is 0 Å². The van der Waals surface area contributed by atoms with Crippen LogP contribution in [0.4, 0.5) is 0 Å². The molecule has 1 fully saturated rings. The van der Waals surface area contributed by atoms with E-state index in [4.69, 9.17) is 15.4 Å². The highest BCUT2D eigenvalue weighted by Crippen LogP contribution is 2.37. The van der Waals surface area contributed by atoms with Gasteiger partial charge in [-0.25, -0.2) is 13.4 Å². The summed E-state index contributed by atoms with van der Waals surface area (Å²) in [6, 6.07) is 0. The van der Waals surface area contributed by atoms with Gasteiger partial charge in [0, 0.05) is 24.2 Å². The number of hydrogen-bond donors (Lipinski definition) is 1. The first-order valence-electron chi connectivity index (χ1n) is 4.86. The zero-order valence-electron chi connectivity index (χ0n) is 8.73. The van der Waals surface area contributed by atoms with E-state index < -0.39 is 9.05 Å². The minimum Gasteiger partial charge on any atom is -0.378 e. The molecule has 0 atom stereocenters. The molecule has 0 aliphatic heterocycles. The van der Waals surface area contributed by atoms with E-state index in [-0.39, 0.29) is 10.8 Å². The predicted molar refractivity (Wildman–Crippen MR) is 56.7 cm³/mol. The summed E-state index contributed by atoms with van der Waals surface area (Å²) < 4.78 is 27.3. The van der Waals surface area contributed by atoms with Gasteiger partial charge in [0.15, 0.2) is 0 Å². The van der Waals surface area contributed by atoms with E-state index in [0.29, 0.717) is 12.2 Å². The fourth-order valence-corrected chi connectivity index (χ4v) is 2.38. The van der Waals surface area contributed by atoms with E-state index in [1.54, 1.807) is 7.11 Å². The molecule has 1 heterocycles. The number of ether oxygens (including phenoxy) is 1. The second kappa shape index (κ2) is 3.97. The zero-order valence-corrected chi connectivity index (χ0v) is 10.3. The maximum atomic E-state index is 11.0. The van der Waals surface area contributed by atoms with Crippen molar-refractivity contribution in [1.82, 2.24) is 15.2 Å². The van der Waals surface area contributed by atoms with Crippen molar-refractivity contribution in [2.75, 3.05) is 7.11 Å². The van der Waals surface area contributed by atoms with Crippen molar-refractivity contribution in [3.8, 4) is 0 Å². The normalized spacial score (nSPS) is 19.4. The molecule has 8 heteroatoms. The summed E-state index contributed by atoms with van der Waals surface area (Å²) in [5.74, 6) is 0.487. The lowest BCUT2D eigenvalue weighted by atomic mass is 9.77. The van der Waals surface area contributed by atoms with Crippen LogP contribution in [-0.4, -0.2) is 36.3 Å². The molecule has 1 aromatic rings. The monoisotopic (exact) mass is 265 g/mol. The molecule has 16 heavy (non-hydrogen) atoms. The predicted octanol–water partition coefficient (Wildman–Crippen LogP) is 0.844. The van der Waals surface area contributed by atoms with Gasteiger partial charge in [0.25, 0.3) is 14.2 Å². The number of methoxy groups -OCH3 is 1. The first-order valence-corrected chi connectivity index (χ1v) is 7.17. The first kappa shape index (κ1) is 11.8. The number of aromatic nitrogens is 3. The van der Waals surface area contributed by atoms with Crippen LogP contribution in [0.2, 0.25) is 0 Å². The van der Waals surface area contributed by atoms with Crippen LogP contribution in [0.3, 0.4) is 0 Å². The van der Waals surface area contributed by atoms with E-state index in [2.05, 4.69) is 15.2 Å². The van der Waals surface area contributed by atoms with Gasteiger partial charge in [-0.3, -0.25) is 5.10 Å². The van der Waals surface area contributed by atoms with Gasteiger partial charge in [-0.05, 0) is 19.3 Å². The SMILES string of the molecule is COC1(Cc2nc(S(=O)(=O)Cl)n[nH]2)CCC1. The Morgan fingerprint density at radius 2 is 2.25 bits per heavy atom. The Morgan fingerprint density at radius 1 is 1.56 bits per heavy atom. The molecule has 0 radical (unpaired) electrons. The van der Waals surface area contributed by atoms with Crippen molar-refractivity contribution in [3.63, 3.8) is 0 Å². The van der Waals surface area contributed by atoms with Gasteiger partial charge in [-0.1, -0.05) is 0 Å². The van der Waals surface area contributed by atoms with Crippen molar-refractivity contribution < 1.29 is 13.2 Å². The van der Waals surface area contributed by atoms with E-state index in [1.807, 2.05) is 0 Å². The average Bonchev–Trinajstić information content (AvgIpc) is 2.58. The number of halogens is 1. The minimum atomic E-state index is -3.86. The first-order chi connectivity index (χ1) is 7.45. The lowest BCUT2D eigenvalue weighted by molar-refractivity contribution is -0.0721. The Balaban J connectivity index is 2.14. The third kappa shape index (κ3) is 2.21. The zero-order chi connectivity index (χ0) is 11.8. The number of nitrogens with one attached hydrogen (secondary N) is 1. The lowest BCUT2D eigenvalue weighted by Crippen LogP contribution is -2.41. The largest absolute Gasteiger partial charge is 0.378 e. The topological polar surface area (TPSA) is 84.9 Å². The van der Waals surface area contributed by atoms with Crippen LogP contribution in [-0.2, 0) is 20.2 Å². The second-order valence-corrected chi connectivity index (χ2v) is 6.38. The van der Waals surface area contributed by atoms with Crippen molar-refractivity contribution in [2.24, 2.45) is 0 Å². The number of rotatable bonds is 4. The summed E-state index contributed by atoms with van der Waals surface area (Å²) in [6.07, 6.45) is 3.55. The van der Waals surface area contributed by atoms with Crippen molar-refractivity contribution >= 4 is 19.7 Å². The van der Waals surface area contributed by atoms with Crippen LogP contribution in [0, 0.1) is 0 Å². The van der Waals surface area contributed by atoms with Crippen LogP contribution in [0.25, 0.3) is 0 Å². The van der Waals surface area contributed by atoms with Crippen LogP contribution >= 0.6 is 10.7 Å². The Hall–Kier alpha value is -0.660. The fraction of sp³-hybridized carbons (Fsp3) is 0.750. The molecule has 2 rings (SSSR count). The quantitative estimate of drug-likeness (QED) is 0.816. The molecule has 0 spiro atoms. The fourth-order valence-electron chi connectivity index (χ4n) is 1.80. The van der Waals surface area contributed by atoms with E-state index in [9.17, 15) is 8.42 Å². The smallest absolute Gasteiger partial charge is 0.298 e. The van der Waals surface area contributed by atoms with Crippen LogP contribution in [0.15, 0.2) is 5.16 Å². The van der Waals surface area contributed by atoms with Crippen molar-refractivity contribution in [2.45, 2.75) is 36.4 Å². The van der Waals surface area contributed by atoms with E-state index in [1.165, 1.54) is 0 Å². The van der Waals surface area contributed by atoms with Gasteiger partial charge in [-0.2, -0.15) is 0 Å². The number of hydrogen-bond acceptors (Lipinski definition) is 5. The lowest BCUT2D eigenvalue weighted by Gasteiger charge is -2.39. The summed E-state index contributed by atoms with van der Waals surface area (Å²) in [7, 11) is 2.91. The van der Waals surface area contributed by atoms with Crippen LogP contribution in [0.1, 0.15) is 25.1 Å². The summed E-state index contributed by atoms with van der Waals surface area (Å²) in [5.41, 5.74) is -0.215. The summed E-state index contributed by atoms with van der Waals surface area (Å²) in [5, 5.41) is 5.74. The molecule has 0 bridgehead atoms. The highest BCUT2D eigenvalue weighted by molar-refractivity contribution is 8.13. The standard InChI is InChI=1S/C8H12ClN3O3S/c1-15-8(3-2-4-8)5-6-10-7(12-11-6)16(9,13)14/h2-5H2,1H3,(H,10,11,12). The van der Waals surface area contributed by atoms with Gasteiger partial charge in [0.05, 0.1) is 5.60 Å². The van der Waals surface area contributed by atoms with Crippen LogP contribution in [0.5, 0.6) is 0 Å². The molecule has 6 nitrogen and oxygen atoms in total. The van der Waals surface area contributed by atoms with Crippen molar-refractivity contribution in [1.29, 1.82) is 0 Å². The van der Waals surface area contributed by atoms with Gasteiger partial charge < -0.3 is 4.74 Å². The molecule has 1 aromatic heterocycles. The molecule has 0 saturated heterocycles. The molecule has 1 saturated carbocycles. The Bertz CT molecular complexity index is 475. The highest BCUT2D eigenvalue weighted by Gasteiger charge is 2.38. The summed E-state index contributed by atoms with van der Waals surface area (Å²) in [4.78, 5) is 3.83. The molecule has 90 valence electrons. The molecule has 1 aliphatic rings. The number of H-pyrrole nitrogens is 1.